The number of anilines is 1. The number of aryl methyl sites for hydroxylation is 2. The molecule has 0 amide bonds. The Bertz CT molecular complexity index is 573. The van der Waals surface area contributed by atoms with Crippen LogP contribution in [-0.2, 0) is 0 Å². The molecule has 20 heavy (non-hydrogen) atoms. The van der Waals surface area contributed by atoms with E-state index in [2.05, 4.69) is 5.32 Å². The zero-order chi connectivity index (χ0) is 14.7. The van der Waals surface area contributed by atoms with E-state index in [1.54, 1.807) is 0 Å². The van der Waals surface area contributed by atoms with E-state index in [9.17, 15) is 13.9 Å². The first-order valence-electron chi connectivity index (χ1n) is 6.41. The van der Waals surface area contributed by atoms with Gasteiger partial charge in [0.2, 0.25) is 0 Å². The van der Waals surface area contributed by atoms with Gasteiger partial charge in [-0.2, -0.15) is 0 Å². The first-order valence-corrected chi connectivity index (χ1v) is 6.41. The second-order valence-corrected chi connectivity index (χ2v) is 4.91. The molecule has 2 rings (SSSR count). The molecule has 2 N–H and O–H groups in total. The van der Waals surface area contributed by atoms with Crippen molar-refractivity contribution >= 4 is 5.69 Å². The van der Waals surface area contributed by atoms with Crippen LogP contribution in [0, 0.1) is 25.5 Å². The molecule has 0 aliphatic rings. The maximum absolute atomic E-state index is 13.5. The summed E-state index contributed by atoms with van der Waals surface area (Å²) in [6.45, 7) is 3.97. The lowest BCUT2D eigenvalue weighted by atomic mass is 10.1. The Hall–Kier alpha value is -1.94. The third-order valence-corrected chi connectivity index (χ3v) is 3.05. The standard InChI is InChI=1S/C16H17F2NO/c1-10-6-11(2)8-12(7-10)19-9-15(20)16-13(17)4-3-5-14(16)18/h3-8,15,19-20H,9H2,1-2H3. The quantitative estimate of drug-likeness (QED) is 0.892. The number of nitrogens with one attached hydrogen (secondary N) is 1. The Morgan fingerprint density at radius 2 is 1.60 bits per heavy atom. The number of benzene rings is 2. The summed E-state index contributed by atoms with van der Waals surface area (Å²) in [6, 6.07) is 9.40. The Labute approximate surface area is 117 Å². The summed E-state index contributed by atoms with van der Waals surface area (Å²) in [6.07, 6.45) is -1.24. The second-order valence-electron chi connectivity index (χ2n) is 4.91. The van der Waals surface area contributed by atoms with Crippen LogP contribution in [0.5, 0.6) is 0 Å². The van der Waals surface area contributed by atoms with Crippen LogP contribution in [0.15, 0.2) is 36.4 Å². The van der Waals surface area contributed by atoms with Crippen LogP contribution < -0.4 is 5.32 Å². The van der Waals surface area contributed by atoms with E-state index in [0.29, 0.717) is 0 Å². The Balaban J connectivity index is 2.10. The van der Waals surface area contributed by atoms with Crippen LogP contribution in [0.25, 0.3) is 0 Å². The Kier molecular flexibility index (Phi) is 4.35. The van der Waals surface area contributed by atoms with Gasteiger partial charge in [0.15, 0.2) is 0 Å². The highest BCUT2D eigenvalue weighted by molar-refractivity contribution is 5.48. The molecule has 2 nitrogen and oxygen atoms in total. The second kappa shape index (κ2) is 6.01. The fourth-order valence-corrected chi connectivity index (χ4v) is 2.22. The lowest BCUT2D eigenvalue weighted by Crippen LogP contribution is -2.15. The van der Waals surface area contributed by atoms with Crippen molar-refractivity contribution in [1.82, 2.24) is 0 Å². The zero-order valence-electron chi connectivity index (χ0n) is 11.5. The van der Waals surface area contributed by atoms with Crippen molar-refractivity contribution in [3.63, 3.8) is 0 Å². The van der Waals surface area contributed by atoms with Gasteiger partial charge in [-0.05, 0) is 49.2 Å². The van der Waals surface area contributed by atoms with E-state index >= 15 is 0 Å². The number of halogens is 2. The van der Waals surface area contributed by atoms with Crippen molar-refractivity contribution in [1.29, 1.82) is 0 Å². The molecule has 0 saturated carbocycles. The molecule has 2 aromatic rings. The molecule has 0 bridgehead atoms. The minimum absolute atomic E-state index is 0.0424. The lowest BCUT2D eigenvalue weighted by molar-refractivity contribution is 0.181. The molecule has 106 valence electrons. The minimum atomic E-state index is -1.24. The topological polar surface area (TPSA) is 32.3 Å². The number of aliphatic hydroxyl groups excluding tert-OH is 1. The van der Waals surface area contributed by atoms with Crippen molar-refractivity contribution in [3.05, 3.63) is 64.7 Å². The van der Waals surface area contributed by atoms with Gasteiger partial charge in [-0.15, -0.1) is 0 Å². The molecule has 0 aliphatic heterocycles. The Morgan fingerprint density at radius 3 is 2.15 bits per heavy atom. The predicted octanol–water partition coefficient (Wildman–Crippen LogP) is 3.73. The summed E-state index contributed by atoms with van der Waals surface area (Å²) >= 11 is 0. The molecular formula is C16H17F2NO. The summed E-state index contributed by atoms with van der Waals surface area (Å²) in [4.78, 5) is 0. The fourth-order valence-electron chi connectivity index (χ4n) is 2.22. The number of hydrogen-bond acceptors (Lipinski definition) is 2. The van der Waals surface area contributed by atoms with Gasteiger partial charge < -0.3 is 10.4 Å². The highest BCUT2D eigenvalue weighted by Gasteiger charge is 2.17. The van der Waals surface area contributed by atoms with Crippen molar-refractivity contribution in [2.75, 3.05) is 11.9 Å². The van der Waals surface area contributed by atoms with Gasteiger partial charge >= 0.3 is 0 Å². The average Bonchev–Trinajstić information content (AvgIpc) is 2.35. The summed E-state index contributed by atoms with van der Waals surface area (Å²) in [7, 11) is 0. The average molecular weight is 277 g/mol. The van der Waals surface area contributed by atoms with Gasteiger partial charge in [0.05, 0.1) is 5.56 Å². The molecule has 4 heteroatoms. The molecule has 0 aliphatic carbocycles. The van der Waals surface area contributed by atoms with E-state index in [-0.39, 0.29) is 12.1 Å². The lowest BCUT2D eigenvalue weighted by Gasteiger charge is -2.15. The highest BCUT2D eigenvalue weighted by Crippen LogP contribution is 2.22. The molecule has 0 heterocycles. The molecule has 1 unspecified atom stereocenters. The van der Waals surface area contributed by atoms with Gasteiger partial charge in [0.1, 0.15) is 17.7 Å². The minimum Gasteiger partial charge on any atom is -0.386 e. The first-order chi connectivity index (χ1) is 9.47. The Morgan fingerprint density at radius 1 is 1.05 bits per heavy atom. The van der Waals surface area contributed by atoms with Gasteiger partial charge in [0, 0.05) is 12.2 Å². The predicted molar refractivity (Wildman–Crippen MR) is 75.7 cm³/mol. The third kappa shape index (κ3) is 3.33. The van der Waals surface area contributed by atoms with Gasteiger partial charge in [-0.25, -0.2) is 8.78 Å². The van der Waals surface area contributed by atoms with E-state index in [1.165, 1.54) is 6.07 Å². The SMILES string of the molecule is Cc1cc(C)cc(NCC(O)c2c(F)cccc2F)c1. The summed E-state index contributed by atoms with van der Waals surface area (Å²) in [5.74, 6) is -1.47. The summed E-state index contributed by atoms with van der Waals surface area (Å²) < 4.78 is 27.1. The monoisotopic (exact) mass is 277 g/mol. The van der Waals surface area contributed by atoms with Crippen LogP contribution >= 0.6 is 0 Å². The molecule has 0 aromatic heterocycles. The van der Waals surface area contributed by atoms with E-state index < -0.39 is 17.7 Å². The molecule has 0 fully saturated rings. The van der Waals surface area contributed by atoms with Crippen LogP contribution in [0.1, 0.15) is 22.8 Å². The molecule has 0 radical (unpaired) electrons. The maximum atomic E-state index is 13.5. The van der Waals surface area contributed by atoms with Gasteiger partial charge in [-0.3, -0.25) is 0 Å². The fraction of sp³-hybridized carbons (Fsp3) is 0.250. The van der Waals surface area contributed by atoms with Crippen molar-refractivity contribution < 1.29 is 13.9 Å². The van der Waals surface area contributed by atoms with E-state index in [4.69, 9.17) is 0 Å². The van der Waals surface area contributed by atoms with E-state index in [0.717, 1.165) is 28.9 Å². The van der Waals surface area contributed by atoms with Crippen LogP contribution in [0.2, 0.25) is 0 Å². The maximum Gasteiger partial charge on any atom is 0.132 e. The number of rotatable bonds is 4. The molecule has 2 aromatic carbocycles. The van der Waals surface area contributed by atoms with Gasteiger partial charge in [0.25, 0.3) is 0 Å². The smallest absolute Gasteiger partial charge is 0.132 e. The van der Waals surface area contributed by atoms with Crippen LogP contribution in [0.3, 0.4) is 0 Å². The molecule has 0 spiro atoms. The number of hydrogen-bond donors (Lipinski definition) is 2. The van der Waals surface area contributed by atoms with Crippen molar-refractivity contribution in [2.45, 2.75) is 20.0 Å². The molecule has 1 atom stereocenters. The van der Waals surface area contributed by atoms with Crippen molar-refractivity contribution in [2.24, 2.45) is 0 Å². The van der Waals surface area contributed by atoms with Crippen LogP contribution in [-0.4, -0.2) is 11.7 Å². The highest BCUT2D eigenvalue weighted by atomic mass is 19.1. The van der Waals surface area contributed by atoms with Gasteiger partial charge in [-0.1, -0.05) is 12.1 Å². The largest absolute Gasteiger partial charge is 0.386 e. The third-order valence-electron chi connectivity index (χ3n) is 3.05. The van der Waals surface area contributed by atoms with Crippen molar-refractivity contribution in [3.8, 4) is 0 Å². The number of aliphatic hydroxyl groups is 1. The first kappa shape index (κ1) is 14.5. The zero-order valence-corrected chi connectivity index (χ0v) is 11.5. The molecular weight excluding hydrogens is 260 g/mol. The van der Waals surface area contributed by atoms with E-state index in [1.807, 2.05) is 32.0 Å². The molecule has 0 saturated heterocycles. The van der Waals surface area contributed by atoms with Crippen LogP contribution in [0.4, 0.5) is 14.5 Å². The normalized spacial score (nSPS) is 12.2. The summed E-state index contributed by atoms with van der Waals surface area (Å²) in [5.41, 5.74) is 2.68. The summed E-state index contributed by atoms with van der Waals surface area (Å²) in [5, 5.41) is 12.9.